The lowest BCUT2D eigenvalue weighted by Gasteiger charge is -1.99. The van der Waals surface area contributed by atoms with Crippen molar-refractivity contribution in [3.05, 3.63) is 30.0 Å². The van der Waals surface area contributed by atoms with Crippen molar-refractivity contribution < 1.29 is 19.1 Å². The molecule has 84 valence electrons. The summed E-state index contributed by atoms with van der Waals surface area (Å²) in [6.07, 6.45) is 0. The zero-order valence-corrected chi connectivity index (χ0v) is 8.64. The first-order valence-corrected chi connectivity index (χ1v) is 4.68. The van der Waals surface area contributed by atoms with Crippen LogP contribution in [0.3, 0.4) is 0 Å². The van der Waals surface area contributed by atoms with E-state index in [9.17, 15) is 4.79 Å². The molecule has 2 aromatic rings. The van der Waals surface area contributed by atoms with Crippen molar-refractivity contribution in [1.29, 1.82) is 0 Å². The molecular weight excluding hydrogens is 210 g/mol. The molecule has 1 atom stereocenters. The number of rotatable bonds is 3. The minimum atomic E-state index is -1.16. The Bertz CT molecular complexity index is 532. The Kier molecular flexibility index (Phi) is 2.54. The van der Waals surface area contributed by atoms with Gasteiger partial charge in [-0.1, -0.05) is 6.07 Å². The lowest BCUT2D eigenvalue weighted by molar-refractivity contribution is -0.139. The predicted molar refractivity (Wildman–Crippen MR) is 57.3 cm³/mol. The fourth-order valence-corrected chi connectivity index (χ4v) is 1.51. The van der Waals surface area contributed by atoms with Gasteiger partial charge in [0.25, 0.3) is 0 Å². The summed E-state index contributed by atoms with van der Waals surface area (Å²) >= 11 is 0. The highest BCUT2D eigenvalue weighted by Gasteiger charge is 2.19. The van der Waals surface area contributed by atoms with Crippen LogP contribution in [0.1, 0.15) is 11.8 Å². The lowest BCUT2D eigenvalue weighted by Crippen LogP contribution is -2.19. The van der Waals surface area contributed by atoms with Crippen LogP contribution in [0.2, 0.25) is 0 Å². The number of fused-ring (bicyclic) bond motifs is 1. The second-order valence-electron chi connectivity index (χ2n) is 3.34. The number of furan rings is 1. The number of aliphatic carboxylic acids is 1. The molecule has 1 aromatic heterocycles. The second kappa shape index (κ2) is 3.86. The van der Waals surface area contributed by atoms with Gasteiger partial charge < -0.3 is 20.0 Å². The molecule has 3 N–H and O–H groups in total. The molecule has 0 aliphatic carbocycles. The number of hydrogen-bond donors (Lipinski definition) is 2. The lowest BCUT2D eigenvalue weighted by atomic mass is 10.2. The van der Waals surface area contributed by atoms with Gasteiger partial charge in [-0.05, 0) is 18.2 Å². The smallest absolute Gasteiger partial charge is 0.328 e. The highest BCUT2D eigenvalue weighted by Crippen LogP contribution is 2.30. The summed E-state index contributed by atoms with van der Waals surface area (Å²) in [5.41, 5.74) is 6.02. The van der Waals surface area contributed by atoms with E-state index in [1.165, 1.54) is 0 Å². The van der Waals surface area contributed by atoms with Crippen molar-refractivity contribution in [2.45, 2.75) is 6.04 Å². The quantitative estimate of drug-likeness (QED) is 0.820. The summed E-state index contributed by atoms with van der Waals surface area (Å²) in [4.78, 5) is 10.7. The number of nitrogens with two attached hydrogens (primary N) is 1. The molecule has 2 rings (SSSR count). The highest BCUT2D eigenvalue weighted by atomic mass is 16.5. The Hall–Kier alpha value is -2.01. The number of carboxylic acid groups (broad SMARTS) is 1. The number of ether oxygens (including phenoxy) is 1. The van der Waals surface area contributed by atoms with E-state index in [1.54, 1.807) is 31.4 Å². The van der Waals surface area contributed by atoms with Gasteiger partial charge in [0.05, 0.1) is 12.5 Å². The molecule has 0 spiro atoms. The molecule has 0 aliphatic heterocycles. The fraction of sp³-hybridized carbons (Fsp3) is 0.182. The van der Waals surface area contributed by atoms with Crippen LogP contribution in [-0.2, 0) is 4.79 Å². The molecule has 1 aromatic carbocycles. The summed E-state index contributed by atoms with van der Waals surface area (Å²) in [6, 6.07) is 5.70. The van der Waals surface area contributed by atoms with Crippen LogP contribution in [0.15, 0.2) is 28.7 Å². The predicted octanol–water partition coefficient (Wildman–Crippen LogP) is 1.53. The minimum absolute atomic E-state index is 0.215. The van der Waals surface area contributed by atoms with Crippen LogP contribution in [0.4, 0.5) is 0 Å². The van der Waals surface area contributed by atoms with Crippen LogP contribution in [-0.4, -0.2) is 18.2 Å². The van der Waals surface area contributed by atoms with Crippen LogP contribution < -0.4 is 10.5 Å². The summed E-state index contributed by atoms with van der Waals surface area (Å²) in [5.74, 6) is -0.282. The topological polar surface area (TPSA) is 85.7 Å². The van der Waals surface area contributed by atoms with Crippen molar-refractivity contribution in [3.63, 3.8) is 0 Å². The average Bonchev–Trinajstić information content (AvgIpc) is 2.70. The van der Waals surface area contributed by atoms with Crippen molar-refractivity contribution in [2.75, 3.05) is 7.11 Å². The summed E-state index contributed by atoms with van der Waals surface area (Å²) in [7, 11) is 1.54. The third-order valence-corrected chi connectivity index (χ3v) is 2.33. The number of carbonyl (C=O) groups is 1. The molecular formula is C11H11NO4. The summed E-state index contributed by atoms with van der Waals surface area (Å²) < 4.78 is 10.5. The molecule has 0 saturated heterocycles. The molecule has 1 heterocycles. The molecule has 1 unspecified atom stereocenters. The minimum Gasteiger partial charge on any atom is -0.496 e. The molecule has 16 heavy (non-hydrogen) atoms. The van der Waals surface area contributed by atoms with E-state index in [1.807, 2.05) is 0 Å². The van der Waals surface area contributed by atoms with Gasteiger partial charge in [-0.15, -0.1) is 0 Å². The largest absolute Gasteiger partial charge is 0.496 e. The van der Waals surface area contributed by atoms with Crippen molar-refractivity contribution in [1.82, 2.24) is 0 Å². The van der Waals surface area contributed by atoms with Crippen molar-refractivity contribution in [2.24, 2.45) is 5.73 Å². The van der Waals surface area contributed by atoms with E-state index in [2.05, 4.69) is 0 Å². The Balaban J connectivity index is 2.55. The van der Waals surface area contributed by atoms with Crippen LogP contribution in [0, 0.1) is 0 Å². The summed E-state index contributed by atoms with van der Waals surface area (Å²) in [6.45, 7) is 0. The number of methoxy groups -OCH3 is 1. The van der Waals surface area contributed by atoms with E-state index >= 15 is 0 Å². The molecule has 0 aliphatic rings. The molecule has 0 amide bonds. The molecule has 5 heteroatoms. The van der Waals surface area contributed by atoms with Gasteiger partial charge in [-0.3, -0.25) is 4.79 Å². The third kappa shape index (κ3) is 1.61. The Morgan fingerprint density at radius 1 is 1.56 bits per heavy atom. The van der Waals surface area contributed by atoms with E-state index in [0.29, 0.717) is 11.3 Å². The monoisotopic (exact) mass is 221 g/mol. The SMILES string of the molecule is COc1cccc2oc(C(N)C(=O)O)cc12. The maximum absolute atomic E-state index is 10.7. The molecule has 0 radical (unpaired) electrons. The van der Waals surface area contributed by atoms with E-state index < -0.39 is 12.0 Å². The first-order valence-electron chi connectivity index (χ1n) is 4.68. The van der Waals surface area contributed by atoms with Gasteiger partial charge >= 0.3 is 5.97 Å². The maximum Gasteiger partial charge on any atom is 0.328 e. The normalized spacial score (nSPS) is 12.6. The first-order chi connectivity index (χ1) is 7.63. The Morgan fingerprint density at radius 3 is 2.94 bits per heavy atom. The standard InChI is InChI=1S/C11H11NO4/c1-15-7-3-2-4-8-6(7)5-9(16-8)10(12)11(13)14/h2-5,10H,12H2,1H3,(H,13,14). The van der Waals surface area contributed by atoms with Gasteiger partial charge in [0.15, 0.2) is 6.04 Å². The molecule has 0 fully saturated rings. The average molecular weight is 221 g/mol. The van der Waals surface area contributed by atoms with Crippen LogP contribution >= 0.6 is 0 Å². The first kappa shape index (κ1) is 10.5. The second-order valence-corrected chi connectivity index (χ2v) is 3.34. The number of benzene rings is 1. The maximum atomic E-state index is 10.7. The number of hydrogen-bond acceptors (Lipinski definition) is 4. The summed E-state index contributed by atoms with van der Waals surface area (Å²) in [5, 5.41) is 9.49. The van der Waals surface area contributed by atoms with Crippen LogP contribution in [0.5, 0.6) is 5.75 Å². The van der Waals surface area contributed by atoms with Crippen LogP contribution in [0.25, 0.3) is 11.0 Å². The van der Waals surface area contributed by atoms with Gasteiger partial charge in [0.2, 0.25) is 0 Å². The Labute approximate surface area is 91.4 Å². The number of carboxylic acids is 1. The Morgan fingerprint density at radius 2 is 2.31 bits per heavy atom. The van der Waals surface area contributed by atoms with Crippen molar-refractivity contribution in [3.8, 4) is 5.75 Å². The zero-order chi connectivity index (χ0) is 11.7. The van der Waals surface area contributed by atoms with E-state index in [0.717, 1.165) is 5.39 Å². The van der Waals surface area contributed by atoms with Gasteiger partial charge in [0.1, 0.15) is 17.1 Å². The molecule has 5 nitrogen and oxygen atoms in total. The van der Waals surface area contributed by atoms with Gasteiger partial charge in [-0.25, -0.2) is 0 Å². The van der Waals surface area contributed by atoms with Gasteiger partial charge in [-0.2, -0.15) is 0 Å². The zero-order valence-electron chi connectivity index (χ0n) is 8.64. The third-order valence-electron chi connectivity index (χ3n) is 2.33. The molecule has 0 bridgehead atoms. The van der Waals surface area contributed by atoms with Gasteiger partial charge in [0, 0.05) is 0 Å². The fourth-order valence-electron chi connectivity index (χ4n) is 1.51. The van der Waals surface area contributed by atoms with E-state index in [-0.39, 0.29) is 5.76 Å². The van der Waals surface area contributed by atoms with Crippen molar-refractivity contribution >= 4 is 16.9 Å². The highest BCUT2D eigenvalue weighted by molar-refractivity contribution is 5.86. The van der Waals surface area contributed by atoms with E-state index in [4.69, 9.17) is 20.0 Å². The molecule has 0 saturated carbocycles.